The summed E-state index contributed by atoms with van der Waals surface area (Å²) in [5, 5.41) is 4.25. The van der Waals surface area contributed by atoms with Gasteiger partial charge in [-0.1, -0.05) is 53.5 Å². The summed E-state index contributed by atoms with van der Waals surface area (Å²) in [6, 6.07) is 15.0. The van der Waals surface area contributed by atoms with Crippen LogP contribution >= 0.6 is 35.4 Å². The van der Waals surface area contributed by atoms with Gasteiger partial charge in [0.25, 0.3) is 0 Å². The molecule has 2 aromatic carbocycles. The van der Waals surface area contributed by atoms with Crippen molar-refractivity contribution >= 4 is 45.3 Å². The Labute approximate surface area is 190 Å². The van der Waals surface area contributed by atoms with E-state index in [1.807, 2.05) is 30.3 Å². The molecule has 0 aliphatic carbocycles. The molecule has 1 aliphatic heterocycles. The molecule has 4 rings (SSSR count). The van der Waals surface area contributed by atoms with Gasteiger partial charge in [-0.15, -0.1) is 0 Å². The Kier molecular flexibility index (Phi) is 6.31. The van der Waals surface area contributed by atoms with Gasteiger partial charge in [0.15, 0.2) is 15.7 Å². The van der Waals surface area contributed by atoms with Gasteiger partial charge in [-0.05, 0) is 42.4 Å². The van der Waals surface area contributed by atoms with Crippen LogP contribution in [0.5, 0.6) is 0 Å². The van der Waals surface area contributed by atoms with Crippen LogP contribution in [0.3, 0.4) is 0 Å². The third-order valence-corrected chi connectivity index (χ3v) is 7.77. The van der Waals surface area contributed by atoms with Crippen molar-refractivity contribution in [3.8, 4) is 11.4 Å². The molecular formula is C20H20Cl2N4O2S2. The molecule has 0 bridgehead atoms. The summed E-state index contributed by atoms with van der Waals surface area (Å²) in [4.78, 5) is 6.55. The molecule has 0 amide bonds. The fourth-order valence-corrected chi connectivity index (χ4v) is 5.94. The molecule has 1 saturated heterocycles. The molecule has 158 valence electrons. The van der Waals surface area contributed by atoms with Crippen LogP contribution in [0.25, 0.3) is 11.4 Å². The number of sulfone groups is 1. The quantitative estimate of drug-likeness (QED) is 0.521. The lowest BCUT2D eigenvalue weighted by atomic mass is 10.1. The van der Waals surface area contributed by atoms with E-state index in [4.69, 9.17) is 35.4 Å². The van der Waals surface area contributed by atoms with Crippen molar-refractivity contribution in [2.75, 3.05) is 11.5 Å². The van der Waals surface area contributed by atoms with Gasteiger partial charge < -0.3 is 0 Å². The monoisotopic (exact) mass is 482 g/mol. The summed E-state index contributed by atoms with van der Waals surface area (Å²) < 4.78 is 26.2. The largest absolute Gasteiger partial charge is 0.278 e. The van der Waals surface area contributed by atoms with Crippen molar-refractivity contribution in [3.63, 3.8) is 0 Å². The minimum Gasteiger partial charge on any atom is -0.278 e. The van der Waals surface area contributed by atoms with Crippen molar-refractivity contribution < 1.29 is 8.42 Å². The van der Waals surface area contributed by atoms with E-state index in [0.717, 1.165) is 5.56 Å². The predicted molar refractivity (Wildman–Crippen MR) is 122 cm³/mol. The van der Waals surface area contributed by atoms with Crippen LogP contribution in [0, 0.1) is 4.77 Å². The van der Waals surface area contributed by atoms with E-state index in [1.165, 1.54) is 0 Å². The van der Waals surface area contributed by atoms with Crippen LogP contribution in [0.2, 0.25) is 10.0 Å². The molecule has 0 saturated carbocycles. The molecule has 30 heavy (non-hydrogen) atoms. The standard InChI is InChI=1S/C20H20Cl2N4O2S2/c21-15-6-7-18(22)17(10-15)19-23-20(29)26(24-19)13-25(11-14-4-2-1-3-5-14)16-8-9-30(27,28)12-16/h1-7,10,16H,8-9,11-13H2,(H,23,24,29)/t16-/m1/s1. The lowest BCUT2D eigenvalue weighted by Gasteiger charge is -2.28. The van der Waals surface area contributed by atoms with E-state index < -0.39 is 9.84 Å². The number of hydrogen-bond acceptors (Lipinski definition) is 5. The Morgan fingerprint density at radius 3 is 2.67 bits per heavy atom. The maximum atomic E-state index is 12.1. The molecule has 1 aromatic heterocycles. The fourth-order valence-electron chi connectivity index (χ4n) is 3.61. The molecule has 0 radical (unpaired) electrons. The number of halogens is 2. The summed E-state index contributed by atoms with van der Waals surface area (Å²) in [5.41, 5.74) is 1.76. The highest BCUT2D eigenvalue weighted by atomic mass is 35.5. The first-order chi connectivity index (χ1) is 14.3. The summed E-state index contributed by atoms with van der Waals surface area (Å²) in [5.74, 6) is 0.876. The second-order valence-electron chi connectivity index (χ2n) is 7.34. The normalized spacial score (nSPS) is 18.2. The minimum absolute atomic E-state index is 0.0846. The lowest BCUT2D eigenvalue weighted by Crippen LogP contribution is -2.37. The molecular weight excluding hydrogens is 463 g/mol. The molecule has 2 heterocycles. The predicted octanol–water partition coefficient (Wildman–Crippen LogP) is 4.56. The number of hydrogen-bond donors (Lipinski definition) is 1. The van der Waals surface area contributed by atoms with Gasteiger partial charge in [-0.25, -0.2) is 13.1 Å². The summed E-state index contributed by atoms with van der Waals surface area (Å²) in [6.45, 7) is 0.994. The zero-order chi connectivity index (χ0) is 21.3. The Morgan fingerprint density at radius 1 is 1.20 bits per heavy atom. The maximum absolute atomic E-state index is 12.1. The number of H-pyrrole nitrogens is 1. The van der Waals surface area contributed by atoms with Crippen molar-refractivity contribution in [3.05, 3.63) is 68.9 Å². The van der Waals surface area contributed by atoms with E-state index in [9.17, 15) is 8.42 Å². The van der Waals surface area contributed by atoms with Crippen LogP contribution < -0.4 is 0 Å². The number of aromatic nitrogens is 3. The fraction of sp³-hybridized carbons (Fsp3) is 0.300. The van der Waals surface area contributed by atoms with Crippen LogP contribution in [-0.4, -0.2) is 45.6 Å². The minimum atomic E-state index is -3.02. The summed E-state index contributed by atoms with van der Waals surface area (Å²) >= 11 is 17.9. The highest BCUT2D eigenvalue weighted by molar-refractivity contribution is 7.91. The van der Waals surface area contributed by atoms with Crippen LogP contribution in [0.1, 0.15) is 12.0 Å². The second kappa shape index (κ2) is 8.80. The van der Waals surface area contributed by atoms with Crippen molar-refractivity contribution in [1.29, 1.82) is 0 Å². The zero-order valence-corrected chi connectivity index (χ0v) is 19.1. The van der Waals surface area contributed by atoms with Crippen molar-refractivity contribution in [2.24, 2.45) is 0 Å². The summed E-state index contributed by atoms with van der Waals surface area (Å²) in [7, 11) is -3.02. The van der Waals surface area contributed by atoms with Gasteiger partial charge in [0.05, 0.1) is 23.2 Å². The van der Waals surface area contributed by atoms with Crippen molar-refractivity contribution in [1.82, 2.24) is 19.7 Å². The molecule has 6 nitrogen and oxygen atoms in total. The number of nitrogens with one attached hydrogen (secondary N) is 1. The molecule has 1 N–H and O–H groups in total. The van der Waals surface area contributed by atoms with Crippen molar-refractivity contribution in [2.45, 2.75) is 25.7 Å². The van der Waals surface area contributed by atoms with E-state index in [2.05, 4.69) is 15.0 Å². The van der Waals surface area contributed by atoms with Gasteiger partial charge in [-0.2, -0.15) is 4.98 Å². The number of benzene rings is 2. The topological polar surface area (TPSA) is 71.0 Å². The highest BCUT2D eigenvalue weighted by Crippen LogP contribution is 2.28. The molecule has 1 fully saturated rings. The average Bonchev–Trinajstić information content (AvgIpc) is 3.26. The van der Waals surface area contributed by atoms with Gasteiger partial charge in [-0.3, -0.25) is 10.00 Å². The van der Waals surface area contributed by atoms with Gasteiger partial charge in [0.2, 0.25) is 4.77 Å². The molecule has 3 aromatic rings. The van der Waals surface area contributed by atoms with Gasteiger partial charge >= 0.3 is 0 Å². The van der Waals surface area contributed by atoms with Crippen LogP contribution in [0.15, 0.2) is 48.5 Å². The van der Waals surface area contributed by atoms with Gasteiger partial charge in [0.1, 0.15) is 0 Å². The average molecular weight is 483 g/mol. The Morgan fingerprint density at radius 2 is 1.97 bits per heavy atom. The van der Waals surface area contributed by atoms with Crippen LogP contribution in [-0.2, 0) is 23.1 Å². The summed E-state index contributed by atoms with van der Waals surface area (Å²) in [6.07, 6.45) is 0.601. The van der Waals surface area contributed by atoms with E-state index in [0.29, 0.717) is 45.8 Å². The van der Waals surface area contributed by atoms with Gasteiger partial charge in [0, 0.05) is 23.2 Å². The maximum Gasteiger partial charge on any atom is 0.217 e. The third kappa shape index (κ3) is 4.95. The van der Waals surface area contributed by atoms with E-state index in [1.54, 1.807) is 22.9 Å². The second-order valence-corrected chi connectivity index (χ2v) is 10.8. The number of nitrogens with zero attached hydrogens (tertiary/aromatic N) is 3. The number of aromatic amines is 1. The molecule has 1 atom stereocenters. The van der Waals surface area contributed by atoms with E-state index >= 15 is 0 Å². The molecule has 10 heteroatoms. The Hall–Kier alpha value is -1.71. The Bertz CT molecular complexity index is 1210. The first kappa shape index (κ1) is 21.5. The molecule has 0 unspecified atom stereocenters. The highest BCUT2D eigenvalue weighted by Gasteiger charge is 2.32. The number of rotatable bonds is 6. The van der Waals surface area contributed by atoms with Crippen LogP contribution in [0.4, 0.5) is 0 Å². The molecule has 0 spiro atoms. The first-order valence-corrected chi connectivity index (χ1v) is 12.4. The first-order valence-electron chi connectivity index (χ1n) is 9.41. The Balaban J connectivity index is 1.63. The zero-order valence-electron chi connectivity index (χ0n) is 16.0. The molecule has 1 aliphatic rings. The van der Waals surface area contributed by atoms with E-state index in [-0.39, 0.29) is 17.5 Å². The smallest absolute Gasteiger partial charge is 0.217 e. The SMILES string of the molecule is O=S1(=O)CC[C@@H](N(Cc2ccccc2)Cn2[nH]c(-c3cc(Cl)ccc3Cl)nc2=S)C1. The third-order valence-electron chi connectivity index (χ3n) is 5.14. The lowest BCUT2D eigenvalue weighted by molar-refractivity contribution is 0.146.